The molecule has 1 aliphatic rings. The lowest BCUT2D eigenvalue weighted by molar-refractivity contribution is -0.121. The molecule has 0 bridgehead atoms. The van der Waals surface area contributed by atoms with E-state index in [1.807, 2.05) is 27.7 Å². The van der Waals surface area contributed by atoms with E-state index in [0.717, 1.165) is 32.1 Å². The SMILES string of the molecule is CCNC(=NCC(=O)NC(C)(C)C)NCCCN(C)C1CCCCC1. The Morgan fingerprint density at radius 2 is 1.84 bits per heavy atom. The molecule has 0 aliphatic heterocycles. The second-order valence-corrected chi connectivity index (χ2v) is 8.05. The average molecular weight is 354 g/mol. The van der Waals surface area contributed by atoms with E-state index in [-0.39, 0.29) is 18.0 Å². The van der Waals surface area contributed by atoms with Crippen LogP contribution in [0.4, 0.5) is 0 Å². The molecular formula is C19H39N5O. The summed E-state index contributed by atoms with van der Waals surface area (Å²) in [6, 6.07) is 0.761. The zero-order valence-corrected chi connectivity index (χ0v) is 17.0. The summed E-state index contributed by atoms with van der Waals surface area (Å²) >= 11 is 0. The van der Waals surface area contributed by atoms with Gasteiger partial charge in [0.25, 0.3) is 0 Å². The lowest BCUT2D eigenvalue weighted by Gasteiger charge is -2.31. The minimum atomic E-state index is -0.220. The third-order valence-corrected chi connectivity index (χ3v) is 4.42. The maximum atomic E-state index is 11.9. The molecule has 1 fully saturated rings. The van der Waals surface area contributed by atoms with Gasteiger partial charge in [-0.2, -0.15) is 0 Å². The minimum absolute atomic E-state index is 0.0539. The minimum Gasteiger partial charge on any atom is -0.357 e. The van der Waals surface area contributed by atoms with E-state index in [1.165, 1.54) is 32.1 Å². The van der Waals surface area contributed by atoms with Gasteiger partial charge in [0.1, 0.15) is 6.54 Å². The summed E-state index contributed by atoms with van der Waals surface area (Å²) in [5, 5.41) is 9.45. The number of hydrogen-bond acceptors (Lipinski definition) is 3. The molecule has 1 aliphatic carbocycles. The van der Waals surface area contributed by atoms with Crippen molar-refractivity contribution in [1.82, 2.24) is 20.9 Å². The Balaban J connectivity index is 2.29. The summed E-state index contributed by atoms with van der Waals surface area (Å²) in [7, 11) is 2.24. The molecule has 6 heteroatoms. The molecule has 0 aromatic rings. The highest BCUT2D eigenvalue weighted by Gasteiger charge is 2.17. The van der Waals surface area contributed by atoms with Gasteiger partial charge < -0.3 is 20.9 Å². The fraction of sp³-hybridized carbons (Fsp3) is 0.895. The van der Waals surface area contributed by atoms with E-state index in [9.17, 15) is 4.79 Å². The first kappa shape index (κ1) is 21.7. The number of amides is 1. The number of guanidine groups is 1. The summed E-state index contributed by atoms with van der Waals surface area (Å²) in [4.78, 5) is 18.8. The third kappa shape index (κ3) is 10.3. The predicted molar refractivity (Wildman–Crippen MR) is 106 cm³/mol. The van der Waals surface area contributed by atoms with E-state index in [4.69, 9.17) is 0 Å². The Morgan fingerprint density at radius 3 is 2.44 bits per heavy atom. The smallest absolute Gasteiger partial charge is 0.242 e. The Morgan fingerprint density at radius 1 is 1.16 bits per heavy atom. The van der Waals surface area contributed by atoms with Crippen LogP contribution in [0.2, 0.25) is 0 Å². The first-order valence-corrected chi connectivity index (χ1v) is 9.85. The zero-order chi connectivity index (χ0) is 18.7. The highest BCUT2D eigenvalue weighted by atomic mass is 16.2. The van der Waals surface area contributed by atoms with Gasteiger partial charge >= 0.3 is 0 Å². The summed E-state index contributed by atoms with van der Waals surface area (Å²) < 4.78 is 0. The Hall–Kier alpha value is -1.30. The van der Waals surface area contributed by atoms with Gasteiger partial charge in [0.2, 0.25) is 5.91 Å². The molecular weight excluding hydrogens is 314 g/mol. The predicted octanol–water partition coefficient (Wildman–Crippen LogP) is 2.11. The average Bonchev–Trinajstić information content (AvgIpc) is 2.55. The van der Waals surface area contributed by atoms with Gasteiger partial charge in [0.05, 0.1) is 0 Å². The molecule has 6 nitrogen and oxygen atoms in total. The van der Waals surface area contributed by atoms with Crippen LogP contribution in [-0.2, 0) is 4.79 Å². The summed E-state index contributed by atoms with van der Waals surface area (Å²) in [5.41, 5.74) is -0.220. The number of carbonyl (C=O) groups is 1. The number of nitrogens with one attached hydrogen (secondary N) is 3. The third-order valence-electron chi connectivity index (χ3n) is 4.42. The fourth-order valence-electron chi connectivity index (χ4n) is 3.19. The summed E-state index contributed by atoms with van der Waals surface area (Å²) in [6.07, 6.45) is 7.92. The topological polar surface area (TPSA) is 68.8 Å². The quantitative estimate of drug-likeness (QED) is 0.355. The van der Waals surface area contributed by atoms with Crippen LogP contribution >= 0.6 is 0 Å². The van der Waals surface area contributed by atoms with E-state index in [2.05, 4.69) is 32.9 Å². The molecule has 0 spiro atoms. The molecule has 3 N–H and O–H groups in total. The highest BCUT2D eigenvalue weighted by molar-refractivity contribution is 5.85. The molecule has 0 heterocycles. The van der Waals surface area contributed by atoms with Gasteiger partial charge in [-0.1, -0.05) is 19.3 Å². The standard InChI is InChI=1S/C19H39N5O/c1-6-20-18(22-15-17(25)23-19(2,3)4)21-13-10-14-24(5)16-11-8-7-9-12-16/h16H,6-15H2,1-5H3,(H,23,25)(H2,20,21,22). The van der Waals surface area contributed by atoms with Crippen molar-refractivity contribution in [2.75, 3.05) is 33.2 Å². The number of rotatable bonds is 8. The molecule has 1 rings (SSSR count). The van der Waals surface area contributed by atoms with Crippen molar-refractivity contribution >= 4 is 11.9 Å². The summed E-state index contributed by atoms with van der Waals surface area (Å²) in [6.45, 7) is 10.8. The van der Waals surface area contributed by atoms with Crippen molar-refractivity contribution in [2.24, 2.45) is 4.99 Å². The molecule has 0 radical (unpaired) electrons. The molecule has 0 unspecified atom stereocenters. The monoisotopic (exact) mass is 353 g/mol. The van der Waals surface area contributed by atoms with Gasteiger partial charge in [-0.3, -0.25) is 4.79 Å². The van der Waals surface area contributed by atoms with E-state index in [1.54, 1.807) is 0 Å². The summed E-state index contributed by atoms with van der Waals surface area (Å²) in [5.74, 6) is 0.661. The molecule has 0 atom stereocenters. The van der Waals surface area contributed by atoms with Crippen LogP contribution in [0.5, 0.6) is 0 Å². The first-order chi connectivity index (χ1) is 11.8. The number of nitrogens with zero attached hydrogens (tertiary/aromatic N) is 2. The highest BCUT2D eigenvalue weighted by Crippen LogP contribution is 2.21. The van der Waals surface area contributed by atoms with E-state index in [0.29, 0.717) is 5.96 Å². The van der Waals surface area contributed by atoms with Crippen LogP contribution in [0.3, 0.4) is 0 Å². The van der Waals surface area contributed by atoms with Crippen molar-refractivity contribution < 1.29 is 4.79 Å². The maximum absolute atomic E-state index is 11.9. The van der Waals surface area contributed by atoms with Gasteiger partial charge in [-0.25, -0.2) is 4.99 Å². The molecule has 1 saturated carbocycles. The van der Waals surface area contributed by atoms with Crippen LogP contribution in [-0.4, -0.2) is 61.6 Å². The van der Waals surface area contributed by atoms with Crippen molar-refractivity contribution in [3.63, 3.8) is 0 Å². The molecule has 146 valence electrons. The van der Waals surface area contributed by atoms with Gasteiger partial charge in [0, 0.05) is 24.7 Å². The normalized spacial score (nSPS) is 16.8. The van der Waals surface area contributed by atoms with Crippen molar-refractivity contribution in [2.45, 2.75) is 77.8 Å². The van der Waals surface area contributed by atoms with Gasteiger partial charge in [-0.05, 0) is 60.5 Å². The molecule has 0 aromatic heterocycles. The van der Waals surface area contributed by atoms with Crippen LogP contribution < -0.4 is 16.0 Å². The Bertz CT molecular complexity index is 411. The molecule has 1 amide bonds. The Labute approximate surface area is 154 Å². The van der Waals surface area contributed by atoms with Crippen LogP contribution in [0.25, 0.3) is 0 Å². The largest absolute Gasteiger partial charge is 0.357 e. The number of hydrogen-bond donors (Lipinski definition) is 3. The number of carbonyl (C=O) groups excluding carboxylic acids is 1. The molecule has 25 heavy (non-hydrogen) atoms. The van der Waals surface area contributed by atoms with Crippen LogP contribution in [0, 0.1) is 0 Å². The first-order valence-electron chi connectivity index (χ1n) is 9.85. The van der Waals surface area contributed by atoms with Gasteiger partial charge in [-0.15, -0.1) is 0 Å². The lowest BCUT2D eigenvalue weighted by Crippen LogP contribution is -2.43. The van der Waals surface area contributed by atoms with Crippen molar-refractivity contribution in [3.05, 3.63) is 0 Å². The van der Waals surface area contributed by atoms with Crippen molar-refractivity contribution in [3.8, 4) is 0 Å². The molecule has 0 aromatic carbocycles. The van der Waals surface area contributed by atoms with Crippen LogP contribution in [0.15, 0.2) is 4.99 Å². The lowest BCUT2D eigenvalue weighted by atomic mass is 9.94. The number of aliphatic imine (C=N–C) groups is 1. The second kappa shape index (κ2) is 11.3. The fourth-order valence-corrected chi connectivity index (χ4v) is 3.19. The Kier molecular flexibility index (Phi) is 9.86. The van der Waals surface area contributed by atoms with E-state index >= 15 is 0 Å². The van der Waals surface area contributed by atoms with Crippen LogP contribution in [0.1, 0.15) is 66.2 Å². The second-order valence-electron chi connectivity index (χ2n) is 8.05. The maximum Gasteiger partial charge on any atom is 0.242 e. The zero-order valence-electron chi connectivity index (χ0n) is 17.0. The van der Waals surface area contributed by atoms with Gasteiger partial charge in [0.15, 0.2) is 5.96 Å². The van der Waals surface area contributed by atoms with E-state index < -0.39 is 0 Å². The van der Waals surface area contributed by atoms with Crippen molar-refractivity contribution in [1.29, 1.82) is 0 Å². The molecule has 0 saturated heterocycles.